The lowest BCUT2D eigenvalue weighted by atomic mass is 10.2. The molecule has 1 unspecified atom stereocenters. The predicted octanol–water partition coefficient (Wildman–Crippen LogP) is 2.66. The molecule has 2 aromatic rings. The lowest BCUT2D eigenvalue weighted by molar-refractivity contribution is 0.226. The molecule has 0 saturated carbocycles. The van der Waals surface area contributed by atoms with E-state index in [0.29, 0.717) is 13.2 Å². The van der Waals surface area contributed by atoms with E-state index in [1.165, 1.54) is 5.56 Å². The molecule has 0 aliphatic rings. The number of carbonyl (C=O) groups excluding carboxylic acids is 1. The lowest BCUT2D eigenvalue weighted by Crippen LogP contribution is -2.42. The van der Waals surface area contributed by atoms with E-state index in [4.69, 9.17) is 4.74 Å². The number of rotatable bonds is 6. The number of urea groups is 1. The molecule has 1 heterocycles. The smallest absolute Gasteiger partial charge is 0.315 e. The number of nitrogens with one attached hydrogen (secondary N) is 2. The monoisotopic (exact) mass is 299 g/mol. The molecule has 2 amide bonds. The Balaban J connectivity index is 1.68. The summed E-state index contributed by atoms with van der Waals surface area (Å²) in [7, 11) is 0. The van der Waals surface area contributed by atoms with Crippen LogP contribution >= 0.6 is 0 Å². The van der Waals surface area contributed by atoms with Crippen molar-refractivity contribution in [2.45, 2.75) is 26.4 Å². The number of aromatic nitrogens is 1. The van der Waals surface area contributed by atoms with Gasteiger partial charge in [-0.2, -0.15) is 0 Å². The molecule has 0 aliphatic heterocycles. The largest absolute Gasteiger partial charge is 0.491 e. The quantitative estimate of drug-likeness (QED) is 0.862. The predicted molar refractivity (Wildman–Crippen MR) is 85.7 cm³/mol. The van der Waals surface area contributed by atoms with Gasteiger partial charge in [-0.05, 0) is 43.7 Å². The van der Waals surface area contributed by atoms with Gasteiger partial charge in [0, 0.05) is 18.9 Å². The Labute approximate surface area is 130 Å². The minimum Gasteiger partial charge on any atom is -0.491 e. The number of aryl methyl sites for hydroxylation is 1. The summed E-state index contributed by atoms with van der Waals surface area (Å²) in [6.45, 7) is 4.83. The molecule has 116 valence electrons. The number of ether oxygens (including phenoxy) is 1. The molecule has 0 bridgehead atoms. The maximum atomic E-state index is 11.8. The average Bonchev–Trinajstić information content (AvgIpc) is 2.53. The summed E-state index contributed by atoms with van der Waals surface area (Å²) in [4.78, 5) is 15.7. The molecule has 0 radical (unpaired) electrons. The third-order valence-electron chi connectivity index (χ3n) is 3.10. The van der Waals surface area contributed by atoms with Crippen molar-refractivity contribution < 1.29 is 9.53 Å². The highest BCUT2D eigenvalue weighted by Gasteiger charge is 2.07. The number of carbonyl (C=O) groups is 1. The fraction of sp³-hybridized carbons (Fsp3) is 0.294. The van der Waals surface area contributed by atoms with Gasteiger partial charge in [0.05, 0.1) is 6.04 Å². The lowest BCUT2D eigenvalue weighted by Gasteiger charge is -2.15. The molecule has 5 nitrogen and oxygen atoms in total. The molecule has 1 aromatic heterocycles. The zero-order chi connectivity index (χ0) is 15.8. The Morgan fingerprint density at radius 2 is 1.86 bits per heavy atom. The minimum atomic E-state index is -0.211. The van der Waals surface area contributed by atoms with Crippen LogP contribution in [0.25, 0.3) is 0 Å². The highest BCUT2D eigenvalue weighted by Crippen LogP contribution is 2.11. The molecule has 0 aliphatic carbocycles. The number of amides is 2. The van der Waals surface area contributed by atoms with Crippen molar-refractivity contribution in [2.24, 2.45) is 0 Å². The van der Waals surface area contributed by atoms with Crippen molar-refractivity contribution in [3.63, 3.8) is 0 Å². The van der Waals surface area contributed by atoms with Crippen molar-refractivity contribution >= 4 is 6.03 Å². The normalized spacial score (nSPS) is 11.5. The van der Waals surface area contributed by atoms with Crippen LogP contribution in [0.15, 0.2) is 48.8 Å². The van der Waals surface area contributed by atoms with Crippen LogP contribution in [0.2, 0.25) is 0 Å². The highest BCUT2D eigenvalue weighted by molar-refractivity contribution is 5.74. The average molecular weight is 299 g/mol. The summed E-state index contributed by atoms with van der Waals surface area (Å²) in [6.07, 6.45) is 3.40. The molecule has 0 spiro atoms. The number of nitrogens with zero attached hydrogens (tertiary/aromatic N) is 1. The van der Waals surface area contributed by atoms with Crippen molar-refractivity contribution in [1.29, 1.82) is 0 Å². The van der Waals surface area contributed by atoms with Crippen LogP contribution in [-0.4, -0.2) is 23.7 Å². The SMILES string of the molecule is Cc1ccc(OCC(C)NC(=O)NCc2ccncc2)cc1. The van der Waals surface area contributed by atoms with Gasteiger partial charge < -0.3 is 15.4 Å². The third kappa shape index (κ3) is 5.44. The first-order valence-electron chi connectivity index (χ1n) is 7.26. The maximum Gasteiger partial charge on any atom is 0.315 e. The molecule has 2 rings (SSSR count). The van der Waals surface area contributed by atoms with Crippen LogP contribution in [0, 0.1) is 6.92 Å². The summed E-state index contributed by atoms with van der Waals surface area (Å²) in [5.41, 5.74) is 2.20. The van der Waals surface area contributed by atoms with Crippen molar-refractivity contribution in [2.75, 3.05) is 6.61 Å². The van der Waals surface area contributed by atoms with Gasteiger partial charge in [-0.15, -0.1) is 0 Å². The second kappa shape index (κ2) is 8.02. The van der Waals surface area contributed by atoms with E-state index in [9.17, 15) is 4.79 Å². The van der Waals surface area contributed by atoms with Crippen LogP contribution < -0.4 is 15.4 Å². The molecule has 1 atom stereocenters. The van der Waals surface area contributed by atoms with E-state index in [1.54, 1.807) is 12.4 Å². The first-order valence-corrected chi connectivity index (χ1v) is 7.26. The number of benzene rings is 1. The maximum absolute atomic E-state index is 11.8. The zero-order valence-corrected chi connectivity index (χ0v) is 12.9. The summed E-state index contributed by atoms with van der Waals surface area (Å²) in [5, 5.41) is 5.64. The standard InChI is InChI=1S/C17H21N3O2/c1-13-3-5-16(6-4-13)22-12-14(2)20-17(21)19-11-15-7-9-18-10-8-15/h3-10,14H,11-12H2,1-2H3,(H2,19,20,21). The minimum absolute atomic E-state index is 0.0845. The fourth-order valence-corrected chi connectivity index (χ4v) is 1.86. The fourth-order valence-electron chi connectivity index (χ4n) is 1.86. The molecule has 0 saturated heterocycles. The van der Waals surface area contributed by atoms with Crippen molar-refractivity contribution in [3.8, 4) is 5.75 Å². The summed E-state index contributed by atoms with van der Waals surface area (Å²) in [5.74, 6) is 0.802. The van der Waals surface area contributed by atoms with E-state index < -0.39 is 0 Å². The van der Waals surface area contributed by atoms with Crippen LogP contribution in [0.3, 0.4) is 0 Å². The summed E-state index contributed by atoms with van der Waals surface area (Å²) < 4.78 is 5.64. The van der Waals surface area contributed by atoms with E-state index in [0.717, 1.165) is 11.3 Å². The second-order valence-corrected chi connectivity index (χ2v) is 5.21. The van der Waals surface area contributed by atoms with Gasteiger partial charge in [-0.1, -0.05) is 17.7 Å². The molecule has 22 heavy (non-hydrogen) atoms. The van der Waals surface area contributed by atoms with Gasteiger partial charge in [0.15, 0.2) is 0 Å². The van der Waals surface area contributed by atoms with Crippen LogP contribution in [-0.2, 0) is 6.54 Å². The van der Waals surface area contributed by atoms with E-state index in [-0.39, 0.29) is 12.1 Å². The van der Waals surface area contributed by atoms with Gasteiger partial charge in [0.1, 0.15) is 12.4 Å². The van der Waals surface area contributed by atoms with Crippen LogP contribution in [0.4, 0.5) is 4.79 Å². The Kier molecular flexibility index (Phi) is 5.77. The second-order valence-electron chi connectivity index (χ2n) is 5.21. The third-order valence-corrected chi connectivity index (χ3v) is 3.10. The topological polar surface area (TPSA) is 63.2 Å². The van der Waals surface area contributed by atoms with Crippen LogP contribution in [0.1, 0.15) is 18.1 Å². The molecular formula is C17H21N3O2. The van der Waals surface area contributed by atoms with Gasteiger partial charge in [0.2, 0.25) is 0 Å². The summed E-state index contributed by atoms with van der Waals surface area (Å²) >= 11 is 0. The van der Waals surface area contributed by atoms with E-state index >= 15 is 0 Å². The van der Waals surface area contributed by atoms with Crippen molar-refractivity contribution in [3.05, 3.63) is 59.9 Å². The molecule has 0 fully saturated rings. The Hall–Kier alpha value is -2.56. The van der Waals surface area contributed by atoms with Gasteiger partial charge >= 0.3 is 6.03 Å². The van der Waals surface area contributed by atoms with Gasteiger partial charge in [-0.25, -0.2) is 4.79 Å². The molecular weight excluding hydrogens is 278 g/mol. The van der Waals surface area contributed by atoms with E-state index in [1.807, 2.05) is 50.2 Å². The molecule has 2 N–H and O–H groups in total. The Morgan fingerprint density at radius 1 is 1.18 bits per heavy atom. The Bertz CT molecular complexity index is 585. The van der Waals surface area contributed by atoms with Gasteiger partial charge in [0.25, 0.3) is 0 Å². The summed E-state index contributed by atoms with van der Waals surface area (Å²) in [6, 6.07) is 11.3. The number of hydrogen-bond acceptors (Lipinski definition) is 3. The van der Waals surface area contributed by atoms with Crippen LogP contribution in [0.5, 0.6) is 5.75 Å². The van der Waals surface area contributed by atoms with Gasteiger partial charge in [-0.3, -0.25) is 4.98 Å². The highest BCUT2D eigenvalue weighted by atomic mass is 16.5. The first kappa shape index (κ1) is 15.8. The number of hydrogen-bond donors (Lipinski definition) is 2. The number of pyridine rings is 1. The zero-order valence-electron chi connectivity index (χ0n) is 12.9. The Morgan fingerprint density at radius 3 is 2.55 bits per heavy atom. The molecule has 1 aromatic carbocycles. The first-order chi connectivity index (χ1) is 10.6. The molecule has 5 heteroatoms. The van der Waals surface area contributed by atoms with Crippen molar-refractivity contribution in [1.82, 2.24) is 15.6 Å². The van der Waals surface area contributed by atoms with E-state index in [2.05, 4.69) is 15.6 Å².